The van der Waals surface area contributed by atoms with Crippen LogP contribution < -0.4 is 5.32 Å². The number of carboxylic acid groups (broad SMARTS) is 1. The molecule has 1 amide bonds. The molecule has 1 heterocycles. The second kappa shape index (κ2) is 5.23. The third-order valence-corrected chi connectivity index (χ3v) is 3.36. The molecule has 0 saturated carbocycles. The number of nitrogens with one attached hydrogen (secondary N) is 2. The smallest absolute Gasteiger partial charge is 0.353 e. The fraction of sp³-hybridized carbons (Fsp3) is 0.0833. The van der Waals surface area contributed by atoms with E-state index in [1.807, 2.05) is 6.92 Å². The second-order valence-electron chi connectivity index (χ2n) is 3.89. The van der Waals surface area contributed by atoms with E-state index in [0.717, 1.165) is 10.0 Å². The third kappa shape index (κ3) is 3.00. The van der Waals surface area contributed by atoms with E-state index in [-0.39, 0.29) is 17.4 Å². The lowest BCUT2D eigenvalue weighted by Gasteiger charge is -2.04. The molecule has 0 atom stereocenters. The van der Waals surface area contributed by atoms with Crippen LogP contribution >= 0.6 is 15.9 Å². The molecule has 6 nitrogen and oxygen atoms in total. The van der Waals surface area contributed by atoms with Crippen LogP contribution in [0.3, 0.4) is 0 Å². The second-order valence-corrected chi connectivity index (χ2v) is 4.74. The highest BCUT2D eigenvalue weighted by atomic mass is 79.9. The first kappa shape index (κ1) is 13.3. The van der Waals surface area contributed by atoms with Crippen molar-refractivity contribution in [3.8, 4) is 0 Å². The Bertz CT molecular complexity index is 651. The molecule has 0 aliphatic heterocycles. The molecule has 1 aromatic heterocycles. The lowest BCUT2D eigenvalue weighted by molar-refractivity contribution is 0.0690. The van der Waals surface area contributed by atoms with E-state index >= 15 is 0 Å². The van der Waals surface area contributed by atoms with Crippen molar-refractivity contribution in [1.82, 2.24) is 10.2 Å². The summed E-state index contributed by atoms with van der Waals surface area (Å²) in [5.74, 6) is -1.31. The van der Waals surface area contributed by atoms with Gasteiger partial charge in [-0.2, -0.15) is 5.10 Å². The minimum atomic E-state index is -1.13. The Balaban J connectivity index is 2.15. The van der Waals surface area contributed by atoms with Crippen molar-refractivity contribution in [2.75, 3.05) is 5.32 Å². The lowest BCUT2D eigenvalue weighted by Crippen LogP contribution is -2.12. The number of halogens is 1. The fourth-order valence-electron chi connectivity index (χ4n) is 1.47. The molecule has 2 aromatic rings. The number of aromatic carboxylic acids is 1. The summed E-state index contributed by atoms with van der Waals surface area (Å²) in [4.78, 5) is 22.6. The number of hydrogen-bond acceptors (Lipinski definition) is 3. The first-order chi connectivity index (χ1) is 8.97. The average molecular weight is 324 g/mol. The zero-order valence-electron chi connectivity index (χ0n) is 9.90. The SMILES string of the molecule is Cc1cc(C(=O)Nc2cc(C(=O)O)[nH]n2)ccc1Br. The maximum Gasteiger partial charge on any atom is 0.353 e. The van der Waals surface area contributed by atoms with Crippen LogP contribution in [0.2, 0.25) is 0 Å². The Hall–Kier alpha value is -2.15. The Morgan fingerprint density at radius 2 is 2.11 bits per heavy atom. The Morgan fingerprint density at radius 3 is 2.68 bits per heavy atom. The van der Waals surface area contributed by atoms with Gasteiger partial charge in [0.1, 0.15) is 5.69 Å². The molecule has 3 N–H and O–H groups in total. The van der Waals surface area contributed by atoms with Crippen LogP contribution in [-0.2, 0) is 0 Å². The predicted molar refractivity (Wildman–Crippen MR) is 72.4 cm³/mol. The number of carbonyl (C=O) groups is 2. The number of amides is 1. The van der Waals surface area contributed by atoms with Gasteiger partial charge in [-0.05, 0) is 30.7 Å². The van der Waals surface area contributed by atoms with Gasteiger partial charge in [0.25, 0.3) is 5.91 Å². The van der Waals surface area contributed by atoms with Crippen molar-refractivity contribution >= 4 is 33.6 Å². The average Bonchev–Trinajstić information content (AvgIpc) is 2.81. The molecular weight excluding hydrogens is 314 g/mol. The molecule has 1 aromatic carbocycles. The topological polar surface area (TPSA) is 95.1 Å². The highest BCUT2D eigenvalue weighted by molar-refractivity contribution is 9.10. The maximum atomic E-state index is 11.9. The van der Waals surface area contributed by atoms with Crippen molar-refractivity contribution < 1.29 is 14.7 Å². The number of benzene rings is 1. The van der Waals surface area contributed by atoms with Crippen molar-refractivity contribution in [1.29, 1.82) is 0 Å². The van der Waals surface area contributed by atoms with Crippen LogP contribution in [0.1, 0.15) is 26.4 Å². The van der Waals surface area contributed by atoms with Gasteiger partial charge in [-0.15, -0.1) is 0 Å². The molecule has 0 bridgehead atoms. The van der Waals surface area contributed by atoms with E-state index in [2.05, 4.69) is 31.4 Å². The predicted octanol–water partition coefficient (Wildman–Crippen LogP) is 2.43. The van der Waals surface area contributed by atoms with Crippen molar-refractivity contribution in [2.45, 2.75) is 6.92 Å². The van der Waals surface area contributed by atoms with Crippen LogP contribution in [0.5, 0.6) is 0 Å². The number of anilines is 1. The van der Waals surface area contributed by atoms with Gasteiger partial charge in [-0.25, -0.2) is 4.79 Å². The first-order valence-electron chi connectivity index (χ1n) is 5.33. The summed E-state index contributed by atoms with van der Waals surface area (Å²) in [6, 6.07) is 6.42. The van der Waals surface area contributed by atoms with Crippen LogP contribution in [-0.4, -0.2) is 27.2 Å². The van der Waals surface area contributed by atoms with E-state index < -0.39 is 5.97 Å². The lowest BCUT2D eigenvalue weighted by atomic mass is 10.1. The fourth-order valence-corrected chi connectivity index (χ4v) is 1.72. The molecule has 0 aliphatic carbocycles. The van der Waals surface area contributed by atoms with E-state index in [4.69, 9.17) is 5.11 Å². The molecule has 0 saturated heterocycles. The van der Waals surface area contributed by atoms with Crippen LogP contribution in [0.15, 0.2) is 28.7 Å². The summed E-state index contributed by atoms with van der Waals surface area (Å²) in [5.41, 5.74) is 1.32. The maximum absolute atomic E-state index is 11.9. The van der Waals surface area contributed by atoms with Crippen LogP contribution in [0, 0.1) is 6.92 Å². The molecule has 0 aliphatic rings. The highest BCUT2D eigenvalue weighted by Gasteiger charge is 2.12. The molecule has 0 unspecified atom stereocenters. The molecule has 98 valence electrons. The number of carbonyl (C=O) groups excluding carboxylic acids is 1. The molecule has 0 fully saturated rings. The number of aryl methyl sites for hydroxylation is 1. The van der Waals surface area contributed by atoms with E-state index in [1.165, 1.54) is 6.07 Å². The van der Waals surface area contributed by atoms with Gasteiger partial charge in [0, 0.05) is 16.1 Å². The van der Waals surface area contributed by atoms with Gasteiger partial charge in [0.2, 0.25) is 0 Å². The molecule has 19 heavy (non-hydrogen) atoms. The minimum Gasteiger partial charge on any atom is -0.477 e. The monoisotopic (exact) mass is 323 g/mol. The summed E-state index contributed by atoms with van der Waals surface area (Å²) in [7, 11) is 0. The minimum absolute atomic E-state index is 0.0812. The Labute approximate surface area is 117 Å². The van der Waals surface area contributed by atoms with E-state index in [0.29, 0.717) is 5.56 Å². The number of H-pyrrole nitrogens is 1. The summed E-state index contributed by atoms with van der Waals surface area (Å²) in [6.07, 6.45) is 0. The Kier molecular flexibility index (Phi) is 3.66. The van der Waals surface area contributed by atoms with Crippen molar-refractivity contribution in [3.05, 3.63) is 45.6 Å². The normalized spacial score (nSPS) is 10.2. The number of aromatic nitrogens is 2. The highest BCUT2D eigenvalue weighted by Crippen LogP contribution is 2.18. The first-order valence-corrected chi connectivity index (χ1v) is 6.13. The number of aromatic amines is 1. The zero-order valence-corrected chi connectivity index (χ0v) is 11.5. The molecule has 0 radical (unpaired) electrons. The van der Waals surface area contributed by atoms with Gasteiger partial charge in [-0.1, -0.05) is 15.9 Å². The van der Waals surface area contributed by atoms with Gasteiger partial charge >= 0.3 is 5.97 Å². The summed E-state index contributed by atoms with van der Waals surface area (Å²) >= 11 is 3.35. The quantitative estimate of drug-likeness (QED) is 0.808. The third-order valence-electron chi connectivity index (χ3n) is 2.47. The van der Waals surface area contributed by atoms with Gasteiger partial charge in [-0.3, -0.25) is 9.89 Å². The number of carboxylic acids is 1. The van der Waals surface area contributed by atoms with Gasteiger partial charge in [0.05, 0.1) is 0 Å². The zero-order chi connectivity index (χ0) is 14.0. The standard InChI is InChI=1S/C12H10BrN3O3/c1-6-4-7(2-3-8(6)13)11(17)14-10-5-9(12(18)19)15-16-10/h2-5H,1H3,(H,18,19)(H2,14,15,16,17). The number of rotatable bonds is 3. The van der Waals surface area contributed by atoms with Crippen LogP contribution in [0.25, 0.3) is 0 Å². The summed E-state index contributed by atoms with van der Waals surface area (Å²) in [6.45, 7) is 1.87. The number of hydrogen-bond donors (Lipinski definition) is 3. The largest absolute Gasteiger partial charge is 0.477 e. The number of nitrogens with zero attached hydrogens (tertiary/aromatic N) is 1. The molecule has 0 spiro atoms. The van der Waals surface area contributed by atoms with E-state index in [9.17, 15) is 9.59 Å². The summed E-state index contributed by atoms with van der Waals surface area (Å²) in [5, 5.41) is 17.3. The van der Waals surface area contributed by atoms with Gasteiger partial charge < -0.3 is 10.4 Å². The van der Waals surface area contributed by atoms with Crippen LogP contribution in [0.4, 0.5) is 5.82 Å². The molecular formula is C12H10BrN3O3. The van der Waals surface area contributed by atoms with Crippen molar-refractivity contribution in [3.63, 3.8) is 0 Å². The molecule has 7 heteroatoms. The van der Waals surface area contributed by atoms with Gasteiger partial charge in [0.15, 0.2) is 5.82 Å². The Morgan fingerprint density at radius 1 is 1.37 bits per heavy atom. The summed E-state index contributed by atoms with van der Waals surface area (Å²) < 4.78 is 0.914. The van der Waals surface area contributed by atoms with Crippen molar-refractivity contribution in [2.24, 2.45) is 0 Å². The molecule has 2 rings (SSSR count). The van der Waals surface area contributed by atoms with E-state index in [1.54, 1.807) is 18.2 Å².